The van der Waals surface area contributed by atoms with E-state index in [1.165, 1.54) is 6.07 Å². The molecule has 6 nitrogen and oxygen atoms in total. The maximum Gasteiger partial charge on any atom is 0.336 e. The summed E-state index contributed by atoms with van der Waals surface area (Å²) < 4.78 is 31.4. The number of halogens is 2. The minimum absolute atomic E-state index is 0.0602. The Balaban J connectivity index is 1.63. The Hall–Kier alpha value is -4.10. The van der Waals surface area contributed by atoms with Crippen molar-refractivity contribution >= 4 is 29.1 Å². The van der Waals surface area contributed by atoms with Gasteiger partial charge in [0, 0.05) is 33.9 Å². The van der Waals surface area contributed by atoms with Crippen LogP contribution in [0.3, 0.4) is 0 Å². The molecule has 1 aliphatic carbocycles. The molecular formula is C31H27ClFNO5. The lowest BCUT2D eigenvalue weighted by molar-refractivity contribution is -0.138. The molecule has 3 aromatic carbocycles. The fourth-order valence-corrected chi connectivity index (χ4v) is 5.34. The van der Waals surface area contributed by atoms with Crippen LogP contribution in [0.5, 0.6) is 11.5 Å². The van der Waals surface area contributed by atoms with Crippen LogP contribution in [0.15, 0.2) is 77.5 Å². The van der Waals surface area contributed by atoms with Crippen molar-refractivity contribution in [3.8, 4) is 11.5 Å². The summed E-state index contributed by atoms with van der Waals surface area (Å²) in [6, 6.07) is 17.0. The number of carbonyl (C=O) groups is 2. The zero-order valence-corrected chi connectivity index (χ0v) is 22.5. The number of benzene rings is 3. The molecule has 0 amide bonds. The molecule has 0 saturated carbocycles. The van der Waals surface area contributed by atoms with Crippen LogP contribution in [0.25, 0.3) is 5.70 Å². The van der Waals surface area contributed by atoms with Crippen LogP contribution in [0, 0.1) is 5.82 Å². The second-order valence-electron chi connectivity index (χ2n) is 9.12. The van der Waals surface area contributed by atoms with E-state index in [4.69, 9.17) is 25.8 Å². The number of Topliss-reactive ketones (excluding diaryl/α,β-unsaturated/α-hetero) is 1. The Labute approximate surface area is 231 Å². The third kappa shape index (κ3) is 4.79. The molecule has 0 unspecified atom stereocenters. The Bertz CT molecular complexity index is 1540. The number of hydrogen-bond acceptors (Lipinski definition) is 6. The number of carbonyl (C=O) groups excluding carboxylic acids is 2. The lowest BCUT2D eigenvalue weighted by Crippen LogP contribution is -2.29. The van der Waals surface area contributed by atoms with Gasteiger partial charge >= 0.3 is 5.97 Å². The zero-order chi connectivity index (χ0) is 27.7. The summed E-state index contributed by atoms with van der Waals surface area (Å²) in [6.07, 6.45) is 0. The molecule has 1 heterocycles. The zero-order valence-electron chi connectivity index (χ0n) is 21.8. The van der Waals surface area contributed by atoms with Gasteiger partial charge in [-0.15, -0.1) is 0 Å². The van der Waals surface area contributed by atoms with Gasteiger partial charge in [-0.2, -0.15) is 0 Å². The maximum absolute atomic E-state index is 14.2. The van der Waals surface area contributed by atoms with E-state index in [0.717, 1.165) is 5.56 Å². The number of dihydropyridines is 1. The maximum atomic E-state index is 14.2. The number of esters is 1. The highest BCUT2D eigenvalue weighted by Crippen LogP contribution is 2.49. The summed E-state index contributed by atoms with van der Waals surface area (Å²) in [5, 5.41) is 3.48. The smallest absolute Gasteiger partial charge is 0.336 e. The van der Waals surface area contributed by atoms with Crippen molar-refractivity contribution in [3.05, 3.63) is 111 Å². The predicted molar refractivity (Wildman–Crippen MR) is 146 cm³/mol. The number of ether oxygens (including phenoxy) is 3. The fourth-order valence-electron chi connectivity index (χ4n) is 5.06. The Kier molecular flexibility index (Phi) is 7.44. The van der Waals surface area contributed by atoms with Crippen molar-refractivity contribution in [2.24, 2.45) is 0 Å². The average molecular weight is 548 g/mol. The van der Waals surface area contributed by atoms with Crippen LogP contribution in [0.4, 0.5) is 4.39 Å². The van der Waals surface area contributed by atoms with E-state index in [9.17, 15) is 14.0 Å². The fraction of sp³-hybridized carbons (Fsp3) is 0.226. The van der Waals surface area contributed by atoms with Crippen LogP contribution in [-0.4, -0.2) is 25.0 Å². The Morgan fingerprint density at radius 1 is 1.00 bits per heavy atom. The highest BCUT2D eigenvalue weighted by molar-refractivity contribution is 6.32. The van der Waals surface area contributed by atoms with Crippen LogP contribution in [0.2, 0.25) is 5.02 Å². The SMILES string of the molecule is CCOC(=O)C1=C(C)NC2=C(C(=O)c3ccccc32)[C@@H]1c1cc(Cl)c(OCc2ccccc2F)c(OCC)c1. The van der Waals surface area contributed by atoms with Crippen LogP contribution in [0.1, 0.15) is 53.7 Å². The average Bonchev–Trinajstić information content (AvgIpc) is 3.20. The summed E-state index contributed by atoms with van der Waals surface area (Å²) in [4.78, 5) is 26.9. The van der Waals surface area contributed by atoms with Gasteiger partial charge in [0.1, 0.15) is 12.4 Å². The third-order valence-electron chi connectivity index (χ3n) is 6.74. The summed E-state index contributed by atoms with van der Waals surface area (Å²) in [7, 11) is 0. The van der Waals surface area contributed by atoms with Crippen molar-refractivity contribution in [3.63, 3.8) is 0 Å². The number of ketones is 1. The highest BCUT2D eigenvalue weighted by Gasteiger charge is 2.43. The van der Waals surface area contributed by atoms with Gasteiger partial charge in [-0.25, -0.2) is 9.18 Å². The van der Waals surface area contributed by atoms with Gasteiger partial charge < -0.3 is 19.5 Å². The van der Waals surface area contributed by atoms with Crippen LogP contribution < -0.4 is 14.8 Å². The van der Waals surface area contributed by atoms with Crippen molar-refractivity contribution < 1.29 is 28.2 Å². The molecule has 39 heavy (non-hydrogen) atoms. The van der Waals surface area contributed by atoms with Gasteiger partial charge in [-0.3, -0.25) is 4.79 Å². The predicted octanol–water partition coefficient (Wildman–Crippen LogP) is 6.59. The third-order valence-corrected chi connectivity index (χ3v) is 7.02. The first-order valence-electron chi connectivity index (χ1n) is 12.7. The van der Waals surface area contributed by atoms with Crippen LogP contribution in [-0.2, 0) is 16.1 Å². The van der Waals surface area contributed by atoms with Crippen LogP contribution >= 0.6 is 11.6 Å². The molecule has 0 fully saturated rings. The van der Waals surface area contributed by atoms with Crippen molar-refractivity contribution in [1.29, 1.82) is 0 Å². The monoisotopic (exact) mass is 547 g/mol. The summed E-state index contributed by atoms with van der Waals surface area (Å²) >= 11 is 6.74. The number of nitrogens with one attached hydrogen (secondary N) is 1. The van der Waals surface area contributed by atoms with E-state index in [1.54, 1.807) is 50.2 Å². The number of fused-ring (bicyclic) bond motifs is 2. The van der Waals surface area contributed by atoms with Gasteiger partial charge in [0.05, 0.1) is 29.5 Å². The first-order valence-corrected chi connectivity index (χ1v) is 13.1. The van der Waals surface area contributed by atoms with Crippen molar-refractivity contribution in [1.82, 2.24) is 5.32 Å². The quantitative estimate of drug-likeness (QED) is 0.321. The van der Waals surface area contributed by atoms with E-state index in [2.05, 4.69) is 5.32 Å². The molecule has 1 atom stereocenters. The summed E-state index contributed by atoms with van der Waals surface area (Å²) in [5.41, 5.74) is 4.24. The van der Waals surface area contributed by atoms with Crippen molar-refractivity contribution in [2.45, 2.75) is 33.3 Å². The molecule has 8 heteroatoms. The highest BCUT2D eigenvalue weighted by atomic mass is 35.5. The molecule has 0 bridgehead atoms. The molecule has 0 aromatic heterocycles. The van der Waals surface area contributed by atoms with E-state index >= 15 is 0 Å². The topological polar surface area (TPSA) is 73.9 Å². The molecule has 0 spiro atoms. The lowest BCUT2D eigenvalue weighted by Gasteiger charge is -2.30. The summed E-state index contributed by atoms with van der Waals surface area (Å²) in [5.74, 6) is -1.30. The largest absolute Gasteiger partial charge is 0.490 e. The van der Waals surface area contributed by atoms with Crippen molar-refractivity contribution in [2.75, 3.05) is 13.2 Å². The molecule has 3 aromatic rings. The van der Waals surface area contributed by atoms with E-state index < -0.39 is 17.7 Å². The second-order valence-corrected chi connectivity index (χ2v) is 9.53. The van der Waals surface area contributed by atoms with Gasteiger partial charge in [0.2, 0.25) is 0 Å². The Morgan fingerprint density at radius 3 is 2.44 bits per heavy atom. The minimum Gasteiger partial charge on any atom is -0.490 e. The van der Waals surface area contributed by atoms with E-state index in [-0.39, 0.29) is 29.8 Å². The molecule has 200 valence electrons. The van der Waals surface area contributed by atoms with Gasteiger partial charge in [0.15, 0.2) is 17.3 Å². The molecule has 2 aliphatic rings. The number of rotatable bonds is 8. The van der Waals surface area contributed by atoms with Gasteiger partial charge in [-0.05, 0) is 44.5 Å². The first kappa shape index (κ1) is 26.5. The van der Waals surface area contributed by atoms with E-state index in [1.807, 2.05) is 25.1 Å². The molecule has 5 rings (SSSR count). The van der Waals surface area contributed by atoms with E-state index in [0.29, 0.717) is 51.6 Å². The lowest BCUT2D eigenvalue weighted by atomic mass is 9.79. The number of allylic oxidation sites excluding steroid dienone is 2. The summed E-state index contributed by atoms with van der Waals surface area (Å²) in [6.45, 7) is 5.75. The molecule has 0 saturated heterocycles. The second kappa shape index (κ2) is 10.9. The van der Waals surface area contributed by atoms with Gasteiger partial charge in [-0.1, -0.05) is 54.1 Å². The normalized spacial score (nSPS) is 16.0. The molecular weight excluding hydrogens is 521 g/mol. The van der Waals surface area contributed by atoms with Gasteiger partial charge in [0.25, 0.3) is 0 Å². The number of hydrogen-bond donors (Lipinski definition) is 1. The molecule has 1 aliphatic heterocycles. The molecule has 0 radical (unpaired) electrons. The Morgan fingerprint density at radius 2 is 1.72 bits per heavy atom. The molecule has 1 N–H and O–H groups in total. The standard InChI is InChI=1S/C31H27ClFNO5/c1-4-37-24-15-19(14-22(32)30(24)39-16-18-10-6-9-13-23(18)33)26-25(31(36)38-5-2)17(3)34-28-20-11-7-8-12-21(20)29(35)27(26)28/h6-15,26,34H,4-5,16H2,1-3H3/t26-/m1/s1. The first-order chi connectivity index (χ1) is 18.8. The minimum atomic E-state index is -0.766.